The summed E-state index contributed by atoms with van der Waals surface area (Å²) < 4.78 is 5.44. The largest absolute Gasteiger partial charge is 0.506 e. The molecule has 0 fully saturated rings. The lowest BCUT2D eigenvalue weighted by molar-refractivity contribution is 0.134. The Morgan fingerprint density at radius 3 is 2.67 bits per heavy atom. The van der Waals surface area contributed by atoms with Crippen LogP contribution in [0.4, 0.5) is 5.69 Å². The molecule has 0 saturated heterocycles. The third-order valence-corrected chi connectivity index (χ3v) is 3.56. The molecule has 0 aliphatic heterocycles. The van der Waals surface area contributed by atoms with Gasteiger partial charge in [0.05, 0.1) is 11.6 Å². The standard InChI is InChI=1S/C16H17Cl2NO2/c1-2-21-10-11-5-3-4-6-15(11)19-9-12-7-13(17)8-14(18)16(12)20/h3-8,19-20H,2,9-10H2,1H3. The number of anilines is 1. The van der Waals surface area contributed by atoms with E-state index in [4.69, 9.17) is 27.9 Å². The first-order valence-corrected chi connectivity index (χ1v) is 7.43. The molecule has 2 N–H and O–H groups in total. The maximum absolute atomic E-state index is 9.96. The summed E-state index contributed by atoms with van der Waals surface area (Å²) in [4.78, 5) is 0. The van der Waals surface area contributed by atoms with Gasteiger partial charge in [-0.25, -0.2) is 0 Å². The molecular formula is C16H17Cl2NO2. The molecule has 5 heteroatoms. The van der Waals surface area contributed by atoms with Gasteiger partial charge in [-0.1, -0.05) is 41.4 Å². The molecule has 0 atom stereocenters. The van der Waals surface area contributed by atoms with Crippen LogP contribution in [0, 0.1) is 0 Å². The van der Waals surface area contributed by atoms with Crippen LogP contribution in [0.25, 0.3) is 0 Å². The van der Waals surface area contributed by atoms with Crippen molar-refractivity contribution in [1.82, 2.24) is 0 Å². The summed E-state index contributed by atoms with van der Waals surface area (Å²) in [5.41, 5.74) is 2.67. The third-order valence-electron chi connectivity index (χ3n) is 3.06. The van der Waals surface area contributed by atoms with E-state index in [0.717, 1.165) is 11.3 Å². The fourth-order valence-corrected chi connectivity index (χ4v) is 2.51. The summed E-state index contributed by atoms with van der Waals surface area (Å²) >= 11 is 11.9. The van der Waals surface area contributed by atoms with Crippen LogP contribution in [0.3, 0.4) is 0 Å². The van der Waals surface area contributed by atoms with E-state index in [9.17, 15) is 5.11 Å². The van der Waals surface area contributed by atoms with Gasteiger partial charge in [0.15, 0.2) is 0 Å². The number of phenolic OH excluding ortho intramolecular Hbond substituents is 1. The van der Waals surface area contributed by atoms with Crippen molar-refractivity contribution >= 4 is 28.9 Å². The Labute approximate surface area is 134 Å². The van der Waals surface area contributed by atoms with Crippen LogP contribution in [0.2, 0.25) is 10.0 Å². The summed E-state index contributed by atoms with van der Waals surface area (Å²) in [6.45, 7) is 3.60. The number of ether oxygens (including phenoxy) is 1. The number of para-hydroxylation sites is 1. The highest BCUT2D eigenvalue weighted by Gasteiger charge is 2.09. The summed E-state index contributed by atoms with van der Waals surface area (Å²) in [7, 11) is 0. The second kappa shape index (κ2) is 7.55. The number of halogens is 2. The molecule has 0 amide bonds. The van der Waals surface area contributed by atoms with Gasteiger partial charge in [0.25, 0.3) is 0 Å². The van der Waals surface area contributed by atoms with E-state index in [1.54, 1.807) is 6.07 Å². The van der Waals surface area contributed by atoms with Crippen LogP contribution >= 0.6 is 23.2 Å². The smallest absolute Gasteiger partial charge is 0.139 e. The monoisotopic (exact) mass is 325 g/mol. The lowest BCUT2D eigenvalue weighted by Crippen LogP contribution is -2.04. The molecule has 2 rings (SSSR count). The molecule has 0 heterocycles. The zero-order valence-electron chi connectivity index (χ0n) is 11.7. The van der Waals surface area contributed by atoms with Crippen molar-refractivity contribution in [1.29, 1.82) is 0 Å². The minimum Gasteiger partial charge on any atom is -0.506 e. The average Bonchev–Trinajstić information content (AvgIpc) is 2.48. The highest BCUT2D eigenvalue weighted by Crippen LogP contribution is 2.31. The number of hydrogen-bond donors (Lipinski definition) is 2. The van der Waals surface area contributed by atoms with E-state index in [0.29, 0.717) is 30.3 Å². The van der Waals surface area contributed by atoms with Crippen LogP contribution in [-0.4, -0.2) is 11.7 Å². The first-order chi connectivity index (χ1) is 10.1. The van der Waals surface area contributed by atoms with E-state index in [1.807, 2.05) is 31.2 Å². The van der Waals surface area contributed by atoms with Gasteiger partial charge in [-0.2, -0.15) is 0 Å². The number of hydrogen-bond acceptors (Lipinski definition) is 3. The maximum atomic E-state index is 9.96. The highest BCUT2D eigenvalue weighted by atomic mass is 35.5. The average molecular weight is 326 g/mol. The van der Waals surface area contributed by atoms with Gasteiger partial charge in [0.2, 0.25) is 0 Å². The van der Waals surface area contributed by atoms with E-state index < -0.39 is 0 Å². The van der Waals surface area contributed by atoms with E-state index in [-0.39, 0.29) is 10.8 Å². The zero-order valence-corrected chi connectivity index (χ0v) is 13.2. The Bertz CT molecular complexity index is 617. The molecule has 0 aromatic heterocycles. The first-order valence-electron chi connectivity index (χ1n) is 6.68. The maximum Gasteiger partial charge on any atom is 0.139 e. The van der Waals surface area contributed by atoms with Crippen molar-refractivity contribution in [2.24, 2.45) is 0 Å². The molecule has 0 aliphatic carbocycles. The van der Waals surface area contributed by atoms with E-state index in [1.165, 1.54) is 6.07 Å². The lowest BCUT2D eigenvalue weighted by Gasteiger charge is -2.13. The molecule has 2 aromatic carbocycles. The quantitative estimate of drug-likeness (QED) is 0.797. The molecule has 0 radical (unpaired) electrons. The Hall–Kier alpha value is -1.42. The van der Waals surface area contributed by atoms with Gasteiger partial charge in [-0.05, 0) is 25.1 Å². The summed E-state index contributed by atoms with van der Waals surface area (Å²) in [5.74, 6) is 0.0517. The molecule has 0 saturated carbocycles. The fraction of sp³-hybridized carbons (Fsp3) is 0.250. The topological polar surface area (TPSA) is 41.5 Å². The predicted molar refractivity (Wildman–Crippen MR) is 87.2 cm³/mol. The second-order valence-electron chi connectivity index (χ2n) is 4.54. The molecule has 0 spiro atoms. The second-order valence-corrected chi connectivity index (χ2v) is 5.39. The normalized spacial score (nSPS) is 10.6. The van der Waals surface area contributed by atoms with E-state index >= 15 is 0 Å². The van der Waals surface area contributed by atoms with Gasteiger partial charge in [-0.15, -0.1) is 0 Å². The van der Waals surface area contributed by atoms with Crippen molar-refractivity contribution < 1.29 is 9.84 Å². The molecule has 21 heavy (non-hydrogen) atoms. The van der Waals surface area contributed by atoms with Crippen molar-refractivity contribution in [3.63, 3.8) is 0 Å². The van der Waals surface area contributed by atoms with Gasteiger partial charge in [0.1, 0.15) is 5.75 Å². The molecular weight excluding hydrogens is 309 g/mol. The number of aromatic hydroxyl groups is 1. The SMILES string of the molecule is CCOCc1ccccc1NCc1cc(Cl)cc(Cl)c1O. The van der Waals surface area contributed by atoms with Crippen LogP contribution in [0.5, 0.6) is 5.75 Å². The van der Waals surface area contributed by atoms with Gasteiger partial charge in [0, 0.05) is 35.0 Å². The Morgan fingerprint density at radius 1 is 1.14 bits per heavy atom. The van der Waals surface area contributed by atoms with Gasteiger partial charge < -0.3 is 15.2 Å². The molecule has 0 bridgehead atoms. The number of benzene rings is 2. The van der Waals surface area contributed by atoms with Crippen molar-refractivity contribution in [3.8, 4) is 5.75 Å². The fourth-order valence-electron chi connectivity index (χ4n) is 1.98. The van der Waals surface area contributed by atoms with Crippen molar-refractivity contribution in [2.45, 2.75) is 20.1 Å². The Kier molecular flexibility index (Phi) is 5.74. The van der Waals surface area contributed by atoms with Gasteiger partial charge >= 0.3 is 0 Å². The molecule has 3 nitrogen and oxygen atoms in total. The van der Waals surface area contributed by atoms with Crippen LogP contribution in [0.1, 0.15) is 18.1 Å². The zero-order chi connectivity index (χ0) is 15.2. The van der Waals surface area contributed by atoms with E-state index in [2.05, 4.69) is 5.32 Å². The number of rotatable bonds is 6. The predicted octanol–water partition coefficient (Wildman–Crippen LogP) is 4.85. The highest BCUT2D eigenvalue weighted by molar-refractivity contribution is 6.35. The molecule has 0 unspecified atom stereocenters. The van der Waals surface area contributed by atoms with Gasteiger partial charge in [-0.3, -0.25) is 0 Å². The molecule has 0 aliphatic rings. The Balaban J connectivity index is 2.13. The number of nitrogens with one attached hydrogen (secondary N) is 1. The van der Waals surface area contributed by atoms with Crippen LogP contribution in [-0.2, 0) is 17.9 Å². The van der Waals surface area contributed by atoms with Crippen LogP contribution < -0.4 is 5.32 Å². The van der Waals surface area contributed by atoms with Crippen LogP contribution in [0.15, 0.2) is 36.4 Å². The minimum atomic E-state index is 0.0517. The third kappa shape index (κ3) is 4.27. The van der Waals surface area contributed by atoms with Crippen molar-refractivity contribution in [2.75, 3.05) is 11.9 Å². The Morgan fingerprint density at radius 2 is 1.90 bits per heavy atom. The summed E-state index contributed by atoms with van der Waals surface area (Å²) in [6, 6.07) is 11.1. The molecule has 112 valence electrons. The minimum absolute atomic E-state index is 0.0517. The lowest BCUT2D eigenvalue weighted by atomic mass is 10.1. The summed E-state index contributed by atoms with van der Waals surface area (Å²) in [5, 5.41) is 14.0. The summed E-state index contributed by atoms with van der Waals surface area (Å²) in [6.07, 6.45) is 0. The first kappa shape index (κ1) is 16.0. The number of phenols is 1. The molecule has 2 aromatic rings. The van der Waals surface area contributed by atoms with Crippen molar-refractivity contribution in [3.05, 3.63) is 57.6 Å².